The zero-order valence-electron chi connectivity index (χ0n) is 12.5. The lowest BCUT2D eigenvalue weighted by molar-refractivity contribution is -0.118. The largest absolute Gasteiger partial charge is 0.484 e. The molecule has 2 aromatic rings. The Kier molecular flexibility index (Phi) is 3.78. The lowest BCUT2D eigenvalue weighted by atomic mass is 10.0. The molecular weight excluding hydrogens is 316 g/mol. The van der Waals surface area contributed by atoms with Crippen molar-refractivity contribution < 1.29 is 19.0 Å². The van der Waals surface area contributed by atoms with Crippen molar-refractivity contribution in [2.24, 2.45) is 0 Å². The average Bonchev–Trinajstić information content (AvgIpc) is 3.18. The smallest absolute Gasteiger partial charge is 0.264 e. The molecule has 7 heteroatoms. The van der Waals surface area contributed by atoms with E-state index >= 15 is 0 Å². The van der Waals surface area contributed by atoms with Crippen LogP contribution in [0.3, 0.4) is 0 Å². The molecule has 2 aliphatic rings. The summed E-state index contributed by atoms with van der Waals surface area (Å²) in [7, 11) is 0. The second-order valence-corrected chi connectivity index (χ2v) is 6.53. The number of nitrogens with one attached hydrogen (secondary N) is 1. The van der Waals surface area contributed by atoms with Crippen molar-refractivity contribution in [3.8, 4) is 17.2 Å². The first-order valence-corrected chi connectivity index (χ1v) is 8.40. The fourth-order valence-electron chi connectivity index (χ4n) is 2.68. The number of ether oxygens (including phenoxy) is 3. The number of fused-ring (bicyclic) bond motifs is 2. The number of rotatable bonds is 4. The van der Waals surface area contributed by atoms with Gasteiger partial charge in [-0.05, 0) is 37.8 Å². The fourth-order valence-corrected chi connectivity index (χ4v) is 3.74. The number of carbonyl (C=O) groups is 1. The lowest BCUT2D eigenvalue weighted by Gasteiger charge is -2.06. The fraction of sp³-hybridized carbons (Fsp3) is 0.375. The number of hydrogen-bond acceptors (Lipinski definition) is 6. The standard InChI is InChI=1S/C16H16N2O4S/c19-15(18-16-17-11-3-1-2-4-14(11)23-16)8-20-10-5-6-12-13(7-10)22-9-21-12/h5-7H,1-4,8-9H2,(H,17,18,19). The first-order valence-electron chi connectivity index (χ1n) is 7.59. The quantitative estimate of drug-likeness (QED) is 0.932. The number of anilines is 1. The molecule has 0 saturated carbocycles. The van der Waals surface area contributed by atoms with Crippen LogP contribution in [0.5, 0.6) is 17.2 Å². The van der Waals surface area contributed by atoms with Gasteiger partial charge in [-0.2, -0.15) is 0 Å². The van der Waals surface area contributed by atoms with Gasteiger partial charge in [-0.25, -0.2) is 4.98 Å². The predicted molar refractivity (Wildman–Crippen MR) is 85.4 cm³/mol. The van der Waals surface area contributed by atoms with Gasteiger partial charge in [-0.15, -0.1) is 11.3 Å². The van der Waals surface area contributed by atoms with Crippen LogP contribution >= 0.6 is 11.3 Å². The minimum absolute atomic E-state index is 0.0656. The number of carbonyl (C=O) groups excluding carboxylic acids is 1. The SMILES string of the molecule is O=C(COc1ccc2c(c1)OCO2)Nc1nc2c(s1)CCCC2. The third-order valence-electron chi connectivity index (χ3n) is 3.81. The average molecular weight is 332 g/mol. The van der Waals surface area contributed by atoms with E-state index in [1.165, 1.54) is 17.7 Å². The van der Waals surface area contributed by atoms with Crippen molar-refractivity contribution in [1.82, 2.24) is 4.98 Å². The van der Waals surface area contributed by atoms with Gasteiger partial charge < -0.3 is 14.2 Å². The number of aromatic nitrogens is 1. The van der Waals surface area contributed by atoms with Crippen LogP contribution in [0.2, 0.25) is 0 Å². The molecule has 2 heterocycles. The maximum absolute atomic E-state index is 12.0. The van der Waals surface area contributed by atoms with Gasteiger partial charge >= 0.3 is 0 Å². The Morgan fingerprint density at radius 2 is 2.13 bits per heavy atom. The van der Waals surface area contributed by atoms with Gasteiger partial charge in [0.25, 0.3) is 5.91 Å². The summed E-state index contributed by atoms with van der Waals surface area (Å²) in [5.41, 5.74) is 1.13. The Bertz CT molecular complexity index is 720. The van der Waals surface area contributed by atoms with Crippen molar-refractivity contribution in [1.29, 1.82) is 0 Å². The number of amides is 1. The number of benzene rings is 1. The summed E-state index contributed by atoms with van der Waals surface area (Å²) in [6.45, 7) is 0.151. The van der Waals surface area contributed by atoms with Gasteiger partial charge in [0.2, 0.25) is 6.79 Å². The van der Waals surface area contributed by atoms with Crippen LogP contribution in [-0.4, -0.2) is 24.3 Å². The Balaban J connectivity index is 1.34. The van der Waals surface area contributed by atoms with Gasteiger partial charge in [0.1, 0.15) is 5.75 Å². The monoisotopic (exact) mass is 332 g/mol. The van der Waals surface area contributed by atoms with E-state index in [9.17, 15) is 4.79 Å². The lowest BCUT2D eigenvalue weighted by Crippen LogP contribution is -2.20. The number of nitrogens with zero attached hydrogens (tertiary/aromatic N) is 1. The topological polar surface area (TPSA) is 69.7 Å². The second kappa shape index (κ2) is 6.08. The normalized spacial score (nSPS) is 15.1. The summed E-state index contributed by atoms with van der Waals surface area (Å²) < 4.78 is 16.0. The number of thiazole rings is 1. The minimum Gasteiger partial charge on any atom is -0.484 e. The molecule has 1 aliphatic carbocycles. The maximum atomic E-state index is 12.0. The van der Waals surface area contributed by atoms with E-state index in [4.69, 9.17) is 14.2 Å². The molecule has 1 aliphatic heterocycles. The Morgan fingerprint density at radius 1 is 1.26 bits per heavy atom. The Morgan fingerprint density at radius 3 is 3.04 bits per heavy atom. The molecule has 1 N–H and O–H groups in total. The van der Waals surface area contributed by atoms with Crippen LogP contribution in [0, 0.1) is 0 Å². The first-order chi connectivity index (χ1) is 11.3. The van der Waals surface area contributed by atoms with Crippen molar-refractivity contribution in [2.45, 2.75) is 25.7 Å². The summed E-state index contributed by atoms with van der Waals surface area (Å²) in [4.78, 5) is 17.8. The van der Waals surface area contributed by atoms with E-state index < -0.39 is 0 Å². The molecule has 0 saturated heterocycles. The molecule has 0 radical (unpaired) electrons. The third kappa shape index (κ3) is 3.10. The number of hydrogen-bond donors (Lipinski definition) is 1. The molecule has 0 unspecified atom stereocenters. The van der Waals surface area contributed by atoms with E-state index in [2.05, 4.69) is 10.3 Å². The maximum Gasteiger partial charge on any atom is 0.264 e. The summed E-state index contributed by atoms with van der Waals surface area (Å²) >= 11 is 1.57. The molecule has 0 bridgehead atoms. The van der Waals surface area contributed by atoms with Crippen molar-refractivity contribution in [2.75, 3.05) is 18.7 Å². The highest BCUT2D eigenvalue weighted by molar-refractivity contribution is 7.15. The third-order valence-corrected chi connectivity index (χ3v) is 4.88. The van der Waals surface area contributed by atoms with Gasteiger partial charge in [0.15, 0.2) is 23.2 Å². The zero-order chi connectivity index (χ0) is 15.6. The van der Waals surface area contributed by atoms with Crippen LogP contribution < -0.4 is 19.5 Å². The highest BCUT2D eigenvalue weighted by Gasteiger charge is 2.17. The first kappa shape index (κ1) is 14.3. The molecule has 0 spiro atoms. The van der Waals surface area contributed by atoms with Gasteiger partial charge in [-0.3, -0.25) is 10.1 Å². The zero-order valence-corrected chi connectivity index (χ0v) is 13.3. The van der Waals surface area contributed by atoms with E-state index in [0.29, 0.717) is 22.4 Å². The summed E-state index contributed by atoms with van der Waals surface area (Å²) in [6.07, 6.45) is 4.46. The highest BCUT2D eigenvalue weighted by atomic mass is 32.1. The van der Waals surface area contributed by atoms with Crippen LogP contribution in [0.25, 0.3) is 0 Å². The van der Waals surface area contributed by atoms with Gasteiger partial charge in [-0.1, -0.05) is 0 Å². The van der Waals surface area contributed by atoms with E-state index in [-0.39, 0.29) is 19.3 Å². The Labute approximate surface area is 137 Å². The van der Waals surface area contributed by atoms with E-state index in [1.54, 1.807) is 29.5 Å². The van der Waals surface area contributed by atoms with Crippen molar-refractivity contribution >= 4 is 22.4 Å². The molecule has 120 valence electrons. The minimum atomic E-state index is -0.214. The summed E-state index contributed by atoms with van der Waals surface area (Å²) in [6, 6.07) is 5.24. The second-order valence-electron chi connectivity index (χ2n) is 5.45. The molecule has 1 amide bonds. The van der Waals surface area contributed by atoms with Crippen LogP contribution in [-0.2, 0) is 17.6 Å². The highest BCUT2D eigenvalue weighted by Crippen LogP contribution is 2.35. The van der Waals surface area contributed by atoms with Crippen LogP contribution in [0.15, 0.2) is 18.2 Å². The number of aryl methyl sites for hydroxylation is 2. The van der Waals surface area contributed by atoms with Crippen LogP contribution in [0.1, 0.15) is 23.4 Å². The summed E-state index contributed by atoms with van der Waals surface area (Å²) in [5, 5.41) is 3.47. The molecule has 0 fully saturated rings. The van der Waals surface area contributed by atoms with Gasteiger partial charge in [0, 0.05) is 10.9 Å². The van der Waals surface area contributed by atoms with Gasteiger partial charge in [0.05, 0.1) is 5.69 Å². The molecule has 4 rings (SSSR count). The van der Waals surface area contributed by atoms with Crippen molar-refractivity contribution in [3.63, 3.8) is 0 Å². The molecule has 1 aromatic carbocycles. The molecular formula is C16H16N2O4S. The van der Waals surface area contributed by atoms with E-state index in [1.807, 2.05) is 0 Å². The van der Waals surface area contributed by atoms with Crippen molar-refractivity contribution in [3.05, 3.63) is 28.8 Å². The molecule has 6 nitrogen and oxygen atoms in total. The van der Waals surface area contributed by atoms with E-state index in [0.717, 1.165) is 18.5 Å². The summed E-state index contributed by atoms with van der Waals surface area (Å²) in [5.74, 6) is 1.68. The molecule has 1 aromatic heterocycles. The molecule has 0 atom stereocenters. The molecule has 23 heavy (non-hydrogen) atoms. The van der Waals surface area contributed by atoms with Crippen LogP contribution in [0.4, 0.5) is 5.13 Å². The predicted octanol–water partition coefficient (Wildman–Crippen LogP) is 2.77. The Hall–Kier alpha value is -2.28.